The van der Waals surface area contributed by atoms with Crippen molar-refractivity contribution in [1.82, 2.24) is 0 Å². The van der Waals surface area contributed by atoms with Gasteiger partial charge in [0.1, 0.15) is 33.5 Å². The van der Waals surface area contributed by atoms with Crippen LogP contribution in [0.1, 0.15) is 0 Å². The summed E-state index contributed by atoms with van der Waals surface area (Å²) in [6.45, 7) is 0. The summed E-state index contributed by atoms with van der Waals surface area (Å²) in [7, 11) is 0. The van der Waals surface area contributed by atoms with Crippen molar-refractivity contribution in [2.75, 3.05) is 0 Å². The lowest BCUT2D eigenvalue weighted by atomic mass is 9.83. The Balaban J connectivity index is 0.965. The Morgan fingerprint density at radius 1 is 0.194 bits per heavy atom. The molecule has 0 saturated heterocycles. The van der Waals surface area contributed by atoms with E-state index in [2.05, 4.69) is 206 Å². The van der Waals surface area contributed by atoms with Crippen molar-refractivity contribution in [3.05, 3.63) is 218 Å². The summed E-state index contributed by atoms with van der Waals surface area (Å²) < 4.78 is 19.8. The van der Waals surface area contributed by atoms with E-state index in [1.165, 1.54) is 76.5 Å². The van der Waals surface area contributed by atoms with Crippen molar-refractivity contribution in [2.24, 2.45) is 0 Å². The van der Waals surface area contributed by atoms with Crippen LogP contribution in [0.3, 0.4) is 0 Å². The minimum absolute atomic E-state index is 0.857. The molecule has 310 valence electrons. The molecule has 0 spiro atoms. The number of benzene rings is 12. The van der Waals surface area contributed by atoms with E-state index in [1.807, 2.05) is 12.1 Å². The van der Waals surface area contributed by atoms with Crippen LogP contribution >= 0.6 is 0 Å². The zero-order valence-electron chi connectivity index (χ0n) is 36.0. The van der Waals surface area contributed by atoms with Gasteiger partial charge in [-0.25, -0.2) is 0 Å². The Hall–Kier alpha value is -8.92. The molecule has 0 atom stereocenters. The third-order valence-electron chi connectivity index (χ3n) is 14.3. The van der Waals surface area contributed by atoms with E-state index in [0.717, 1.165) is 76.9 Å². The summed E-state index contributed by atoms with van der Waals surface area (Å²) in [6, 6.07) is 78.4. The van der Waals surface area contributed by atoms with Crippen LogP contribution < -0.4 is 0 Å². The molecule has 0 N–H and O–H groups in total. The van der Waals surface area contributed by atoms with Gasteiger partial charge in [0.05, 0.1) is 0 Å². The lowest BCUT2D eigenvalue weighted by molar-refractivity contribution is 0.668. The molecule has 0 aliphatic heterocycles. The molecule has 0 aliphatic rings. The van der Waals surface area contributed by atoms with E-state index in [-0.39, 0.29) is 0 Å². The van der Waals surface area contributed by atoms with Gasteiger partial charge in [-0.05, 0) is 130 Å². The second-order valence-electron chi connectivity index (χ2n) is 17.7. The molecular formula is C64H36O3. The Morgan fingerprint density at radius 3 is 0.851 bits per heavy atom. The SMILES string of the molecule is c1ccc2c(c1)oc1cccc(-c3c4ccccc4c(-c4ccc5c(c4)oc4cccc(-c6c7ccccc7c(-c7cccc8oc9ccccc9c78)c7ccccc67)c45)c4ccccc34)c12. The van der Waals surface area contributed by atoms with Gasteiger partial charge >= 0.3 is 0 Å². The Labute approximate surface area is 383 Å². The van der Waals surface area contributed by atoms with E-state index < -0.39 is 0 Å². The summed E-state index contributed by atoms with van der Waals surface area (Å²) in [5.41, 5.74) is 14.7. The van der Waals surface area contributed by atoms with Crippen molar-refractivity contribution in [3.8, 4) is 44.5 Å². The summed E-state index contributed by atoms with van der Waals surface area (Å²) in [6.07, 6.45) is 0. The van der Waals surface area contributed by atoms with Crippen LogP contribution in [0.5, 0.6) is 0 Å². The molecule has 0 amide bonds. The quantitative estimate of drug-likeness (QED) is 0.166. The molecule has 3 heteroatoms. The molecule has 3 heterocycles. The van der Waals surface area contributed by atoms with E-state index in [0.29, 0.717) is 0 Å². The smallest absolute Gasteiger partial charge is 0.136 e. The maximum absolute atomic E-state index is 6.95. The van der Waals surface area contributed by atoms with Gasteiger partial charge in [0.25, 0.3) is 0 Å². The van der Waals surface area contributed by atoms with Crippen LogP contribution in [0.2, 0.25) is 0 Å². The Morgan fingerprint density at radius 2 is 0.478 bits per heavy atom. The van der Waals surface area contributed by atoms with Gasteiger partial charge in [0, 0.05) is 32.3 Å². The van der Waals surface area contributed by atoms with E-state index in [4.69, 9.17) is 13.3 Å². The predicted molar refractivity (Wildman–Crippen MR) is 280 cm³/mol. The average molecular weight is 853 g/mol. The number of hydrogen-bond acceptors (Lipinski definition) is 3. The first-order valence-corrected chi connectivity index (χ1v) is 22.9. The summed E-state index contributed by atoms with van der Waals surface area (Å²) in [5.74, 6) is 0. The van der Waals surface area contributed by atoms with Gasteiger partial charge in [0.2, 0.25) is 0 Å². The van der Waals surface area contributed by atoms with Gasteiger partial charge in [-0.3, -0.25) is 0 Å². The largest absolute Gasteiger partial charge is 0.456 e. The van der Waals surface area contributed by atoms with Crippen molar-refractivity contribution in [3.63, 3.8) is 0 Å². The van der Waals surface area contributed by atoms with Gasteiger partial charge in [-0.1, -0.05) is 176 Å². The first-order valence-electron chi connectivity index (χ1n) is 22.9. The molecule has 15 rings (SSSR count). The Kier molecular flexibility index (Phi) is 7.50. The van der Waals surface area contributed by atoms with E-state index >= 15 is 0 Å². The van der Waals surface area contributed by atoms with Crippen molar-refractivity contribution < 1.29 is 13.3 Å². The third kappa shape index (κ3) is 5.11. The molecule has 15 aromatic rings. The van der Waals surface area contributed by atoms with E-state index in [1.54, 1.807) is 0 Å². The summed E-state index contributed by atoms with van der Waals surface area (Å²) in [5, 5.41) is 16.3. The molecular weight excluding hydrogens is 817 g/mol. The monoisotopic (exact) mass is 852 g/mol. The molecule has 0 aliphatic carbocycles. The number of rotatable bonds is 4. The van der Waals surface area contributed by atoms with Crippen LogP contribution in [0.15, 0.2) is 232 Å². The first-order chi connectivity index (χ1) is 33.3. The fraction of sp³-hybridized carbons (Fsp3) is 0. The van der Waals surface area contributed by atoms with Crippen LogP contribution in [0.4, 0.5) is 0 Å². The fourth-order valence-electron chi connectivity index (χ4n) is 11.6. The number of hydrogen-bond donors (Lipinski definition) is 0. The summed E-state index contributed by atoms with van der Waals surface area (Å²) in [4.78, 5) is 0. The predicted octanol–water partition coefficient (Wildman–Crippen LogP) is 18.7. The maximum Gasteiger partial charge on any atom is 0.136 e. The van der Waals surface area contributed by atoms with Crippen molar-refractivity contribution in [2.45, 2.75) is 0 Å². The third-order valence-corrected chi connectivity index (χ3v) is 14.3. The van der Waals surface area contributed by atoms with E-state index in [9.17, 15) is 0 Å². The molecule has 0 fully saturated rings. The molecule has 3 nitrogen and oxygen atoms in total. The highest BCUT2D eigenvalue weighted by molar-refractivity contribution is 6.29. The highest BCUT2D eigenvalue weighted by Crippen LogP contribution is 2.51. The molecule has 0 saturated carbocycles. The average Bonchev–Trinajstić information content (AvgIpc) is 4.09. The first kappa shape index (κ1) is 36.4. The number of fused-ring (bicyclic) bond motifs is 13. The zero-order valence-corrected chi connectivity index (χ0v) is 36.0. The zero-order chi connectivity index (χ0) is 43.7. The summed E-state index contributed by atoms with van der Waals surface area (Å²) >= 11 is 0. The minimum Gasteiger partial charge on any atom is -0.456 e. The number of para-hydroxylation sites is 2. The van der Waals surface area contributed by atoms with Gasteiger partial charge in [0.15, 0.2) is 0 Å². The van der Waals surface area contributed by atoms with Crippen molar-refractivity contribution in [1.29, 1.82) is 0 Å². The van der Waals surface area contributed by atoms with Gasteiger partial charge in [-0.15, -0.1) is 0 Å². The van der Waals surface area contributed by atoms with Crippen LogP contribution in [-0.4, -0.2) is 0 Å². The lowest BCUT2D eigenvalue weighted by Gasteiger charge is -2.19. The topological polar surface area (TPSA) is 39.4 Å². The van der Waals surface area contributed by atoms with Gasteiger partial charge < -0.3 is 13.3 Å². The normalized spacial score (nSPS) is 12.2. The van der Waals surface area contributed by atoms with Gasteiger partial charge in [-0.2, -0.15) is 0 Å². The molecule has 3 aromatic heterocycles. The van der Waals surface area contributed by atoms with Crippen LogP contribution in [0, 0.1) is 0 Å². The fourth-order valence-corrected chi connectivity index (χ4v) is 11.6. The highest BCUT2D eigenvalue weighted by atomic mass is 16.3. The minimum atomic E-state index is 0.857. The Bertz CT molecular complexity index is 4460. The lowest BCUT2D eigenvalue weighted by Crippen LogP contribution is -1.92. The van der Waals surface area contributed by atoms with Crippen LogP contribution in [0.25, 0.3) is 153 Å². The second kappa shape index (κ2) is 13.8. The molecule has 67 heavy (non-hydrogen) atoms. The highest BCUT2D eigenvalue weighted by Gasteiger charge is 2.24. The molecule has 0 bridgehead atoms. The molecule has 0 radical (unpaired) electrons. The molecule has 12 aromatic carbocycles. The van der Waals surface area contributed by atoms with Crippen LogP contribution in [-0.2, 0) is 0 Å². The standard InChI is InChI=1S/C64H36O3/c1-3-18-40-38(16-1)58(39-17-2-4-19-41(39)59(40)49-26-13-31-54-62(49)46-24-9-11-29-52(46)65-54)37-34-35-48-57(36-37)67-56-33-15-28-51(64(48)56)61-44-22-7-5-20-42(44)60(43-21-6-8-23-45(43)61)50-27-14-32-55-63(50)47-25-10-12-30-53(47)66-55/h1-36H. The van der Waals surface area contributed by atoms with Crippen molar-refractivity contribution >= 4 is 109 Å². The maximum atomic E-state index is 6.95. The molecule has 0 unspecified atom stereocenters. The second-order valence-corrected chi connectivity index (χ2v) is 17.7. The number of furan rings is 3.